The maximum atomic E-state index is 12.5. The second kappa shape index (κ2) is 6.27. The van der Waals surface area contributed by atoms with Crippen molar-refractivity contribution in [2.75, 3.05) is 6.54 Å². The Morgan fingerprint density at radius 2 is 2.20 bits per heavy atom. The topological polar surface area (TPSA) is 32.3 Å². The van der Waals surface area contributed by atoms with Crippen LogP contribution in [-0.2, 0) is 11.3 Å². The summed E-state index contributed by atoms with van der Waals surface area (Å²) in [7, 11) is 0. The normalized spacial score (nSPS) is 21.9. The van der Waals surface area contributed by atoms with Crippen LogP contribution in [-0.4, -0.2) is 29.4 Å². The van der Waals surface area contributed by atoms with Gasteiger partial charge in [-0.25, -0.2) is 0 Å². The summed E-state index contributed by atoms with van der Waals surface area (Å²) in [5, 5.41) is 3.42. The molecule has 1 aromatic carbocycles. The Morgan fingerprint density at radius 3 is 2.85 bits per heavy atom. The third-order valence-electron chi connectivity index (χ3n) is 4.13. The number of amides is 1. The van der Waals surface area contributed by atoms with Gasteiger partial charge in [0.2, 0.25) is 5.91 Å². The van der Waals surface area contributed by atoms with Gasteiger partial charge in [0.05, 0.1) is 0 Å². The molecule has 4 heteroatoms. The zero-order chi connectivity index (χ0) is 13.9. The monoisotopic (exact) mass is 336 g/mol. The van der Waals surface area contributed by atoms with Crippen molar-refractivity contribution in [3.05, 3.63) is 34.3 Å². The number of rotatable bonds is 5. The molecule has 0 aromatic heterocycles. The van der Waals surface area contributed by atoms with Crippen LogP contribution in [0.5, 0.6) is 0 Å². The van der Waals surface area contributed by atoms with E-state index in [9.17, 15) is 4.79 Å². The van der Waals surface area contributed by atoms with Gasteiger partial charge in [-0.2, -0.15) is 0 Å². The van der Waals surface area contributed by atoms with Crippen molar-refractivity contribution < 1.29 is 4.79 Å². The summed E-state index contributed by atoms with van der Waals surface area (Å²) < 4.78 is 1.08. The molecule has 2 aliphatic rings. The van der Waals surface area contributed by atoms with Gasteiger partial charge < -0.3 is 10.2 Å². The van der Waals surface area contributed by atoms with Crippen molar-refractivity contribution in [1.82, 2.24) is 10.2 Å². The molecule has 0 radical (unpaired) electrons. The molecular formula is C16H21BrN2O. The number of hydrogen-bond acceptors (Lipinski definition) is 2. The molecule has 1 amide bonds. The van der Waals surface area contributed by atoms with E-state index in [2.05, 4.69) is 38.3 Å². The Kier molecular flexibility index (Phi) is 4.41. The number of halogens is 1. The lowest BCUT2D eigenvalue weighted by Crippen LogP contribution is -2.37. The van der Waals surface area contributed by atoms with Gasteiger partial charge in [-0.1, -0.05) is 28.1 Å². The van der Waals surface area contributed by atoms with Gasteiger partial charge in [-0.05, 0) is 49.9 Å². The summed E-state index contributed by atoms with van der Waals surface area (Å²) in [6, 6.07) is 9.13. The Hall–Kier alpha value is -0.870. The fourth-order valence-electron chi connectivity index (χ4n) is 2.90. The van der Waals surface area contributed by atoms with Gasteiger partial charge in [0.15, 0.2) is 0 Å². The van der Waals surface area contributed by atoms with Crippen LogP contribution in [0, 0.1) is 0 Å². The summed E-state index contributed by atoms with van der Waals surface area (Å²) in [6.07, 6.45) is 5.33. The molecule has 1 aliphatic heterocycles. The highest BCUT2D eigenvalue weighted by molar-refractivity contribution is 9.10. The van der Waals surface area contributed by atoms with E-state index in [-0.39, 0.29) is 0 Å². The molecule has 1 saturated carbocycles. The first-order chi connectivity index (χ1) is 9.72. The molecule has 1 aliphatic carbocycles. The van der Waals surface area contributed by atoms with E-state index in [1.54, 1.807) is 0 Å². The molecule has 0 spiro atoms. The predicted octanol–water partition coefficient (Wildman–Crippen LogP) is 3.08. The first-order valence-corrected chi connectivity index (χ1v) is 8.29. The quantitative estimate of drug-likeness (QED) is 0.896. The van der Waals surface area contributed by atoms with E-state index in [1.165, 1.54) is 12.0 Å². The van der Waals surface area contributed by atoms with Gasteiger partial charge >= 0.3 is 0 Å². The molecule has 1 saturated heterocycles. The van der Waals surface area contributed by atoms with Crippen LogP contribution in [0.2, 0.25) is 0 Å². The SMILES string of the molecule is O=C(CC1CCCN1)N(Cc1cccc(Br)c1)C1CC1. The summed E-state index contributed by atoms with van der Waals surface area (Å²) in [6.45, 7) is 1.81. The fourth-order valence-corrected chi connectivity index (χ4v) is 3.34. The van der Waals surface area contributed by atoms with Crippen molar-refractivity contribution in [3.63, 3.8) is 0 Å². The Morgan fingerprint density at radius 1 is 1.35 bits per heavy atom. The molecule has 20 heavy (non-hydrogen) atoms. The molecule has 1 unspecified atom stereocenters. The van der Waals surface area contributed by atoms with Gasteiger partial charge in [-0.15, -0.1) is 0 Å². The zero-order valence-electron chi connectivity index (χ0n) is 11.6. The van der Waals surface area contributed by atoms with Crippen LogP contribution in [0.25, 0.3) is 0 Å². The van der Waals surface area contributed by atoms with Crippen LogP contribution in [0.15, 0.2) is 28.7 Å². The van der Waals surface area contributed by atoms with Crippen LogP contribution in [0.4, 0.5) is 0 Å². The summed E-state index contributed by atoms with van der Waals surface area (Å²) in [5.41, 5.74) is 1.21. The summed E-state index contributed by atoms with van der Waals surface area (Å²) in [4.78, 5) is 14.6. The molecule has 1 N–H and O–H groups in total. The van der Waals surface area contributed by atoms with E-state index in [1.807, 2.05) is 12.1 Å². The van der Waals surface area contributed by atoms with E-state index in [0.717, 1.165) is 36.8 Å². The molecule has 1 atom stereocenters. The smallest absolute Gasteiger partial charge is 0.224 e. The maximum absolute atomic E-state index is 12.5. The van der Waals surface area contributed by atoms with Crippen molar-refractivity contribution in [2.45, 2.75) is 50.7 Å². The molecular weight excluding hydrogens is 316 g/mol. The van der Waals surface area contributed by atoms with E-state index < -0.39 is 0 Å². The van der Waals surface area contributed by atoms with Gasteiger partial charge in [0, 0.05) is 29.5 Å². The second-order valence-corrected chi connectivity index (χ2v) is 6.80. The first kappa shape index (κ1) is 14.1. The minimum absolute atomic E-state index is 0.312. The Labute approximate surface area is 128 Å². The highest BCUT2D eigenvalue weighted by atomic mass is 79.9. The molecule has 1 aromatic rings. The predicted molar refractivity (Wildman–Crippen MR) is 83.4 cm³/mol. The van der Waals surface area contributed by atoms with Crippen molar-refractivity contribution >= 4 is 21.8 Å². The number of benzene rings is 1. The number of nitrogens with one attached hydrogen (secondary N) is 1. The number of nitrogens with zero attached hydrogens (tertiary/aromatic N) is 1. The van der Waals surface area contributed by atoms with Crippen LogP contribution in [0.3, 0.4) is 0 Å². The molecule has 0 bridgehead atoms. The first-order valence-electron chi connectivity index (χ1n) is 7.49. The van der Waals surface area contributed by atoms with Crippen molar-refractivity contribution in [1.29, 1.82) is 0 Å². The van der Waals surface area contributed by atoms with Crippen molar-refractivity contribution in [2.24, 2.45) is 0 Å². The van der Waals surface area contributed by atoms with Gasteiger partial charge in [0.25, 0.3) is 0 Å². The molecule has 108 valence electrons. The lowest BCUT2D eigenvalue weighted by Gasteiger charge is -2.24. The molecule has 2 fully saturated rings. The van der Waals surface area contributed by atoms with Crippen LogP contribution < -0.4 is 5.32 Å². The third-order valence-corrected chi connectivity index (χ3v) is 4.63. The maximum Gasteiger partial charge on any atom is 0.224 e. The van der Waals surface area contributed by atoms with Crippen molar-refractivity contribution in [3.8, 4) is 0 Å². The van der Waals surface area contributed by atoms with Gasteiger partial charge in [-0.3, -0.25) is 4.79 Å². The zero-order valence-corrected chi connectivity index (χ0v) is 13.2. The average Bonchev–Trinajstić information content (AvgIpc) is 3.14. The van der Waals surface area contributed by atoms with E-state index >= 15 is 0 Å². The second-order valence-electron chi connectivity index (χ2n) is 5.88. The van der Waals surface area contributed by atoms with E-state index in [4.69, 9.17) is 0 Å². The minimum Gasteiger partial charge on any atom is -0.335 e. The molecule has 3 nitrogen and oxygen atoms in total. The number of carbonyl (C=O) groups excluding carboxylic acids is 1. The lowest BCUT2D eigenvalue weighted by atomic mass is 10.1. The van der Waals surface area contributed by atoms with Gasteiger partial charge in [0.1, 0.15) is 0 Å². The average molecular weight is 337 g/mol. The lowest BCUT2D eigenvalue weighted by molar-refractivity contribution is -0.132. The Bertz CT molecular complexity index is 481. The Balaban J connectivity index is 1.64. The highest BCUT2D eigenvalue weighted by Crippen LogP contribution is 2.30. The fraction of sp³-hybridized carbons (Fsp3) is 0.562. The van der Waals surface area contributed by atoms with Crippen LogP contribution >= 0.6 is 15.9 Å². The molecule has 3 rings (SSSR count). The summed E-state index contributed by atoms with van der Waals surface area (Å²) >= 11 is 3.50. The highest BCUT2D eigenvalue weighted by Gasteiger charge is 2.33. The largest absolute Gasteiger partial charge is 0.335 e. The third kappa shape index (κ3) is 3.61. The minimum atomic E-state index is 0.312. The summed E-state index contributed by atoms with van der Waals surface area (Å²) in [5.74, 6) is 0.312. The van der Waals surface area contributed by atoms with E-state index in [0.29, 0.717) is 24.4 Å². The number of hydrogen-bond donors (Lipinski definition) is 1. The van der Waals surface area contributed by atoms with Crippen LogP contribution in [0.1, 0.15) is 37.7 Å². The standard InChI is InChI=1S/C16H21BrN2O/c17-13-4-1-3-12(9-13)11-19(15-6-7-15)16(20)10-14-5-2-8-18-14/h1,3-4,9,14-15,18H,2,5-8,10-11H2. The molecule has 1 heterocycles. The number of carbonyl (C=O) groups is 1.